The molecule has 0 saturated heterocycles. The molecule has 13 rings (SSSR count). The SMILES string of the molecule is c1ccc(N2c3cccc4c3B(c3ccccc3N4c3ccc4c(c3)-c3ccccc3C43CCCCC3)c3c2ccc2c3-c3ccccc3C23CCCCC3)cc1. The Morgan fingerprint density at radius 2 is 0.912 bits per heavy atom. The molecule has 4 aliphatic carbocycles. The maximum absolute atomic E-state index is 2.60. The van der Waals surface area contributed by atoms with Crippen LogP contribution in [0.5, 0.6) is 0 Å². The summed E-state index contributed by atoms with van der Waals surface area (Å²) in [5.74, 6) is 0. The standard InChI is InChI=1S/C54H45BN2/c1-4-17-36(18-5-1)56-47-25-16-26-48-51(47)55(52-49(56)30-29-44-50(52)39-20-7-9-22-42(39)54(44)33-14-3-15-34-54)45-23-10-11-24-46(45)57(48)37-27-28-43-40(35-37)38-19-6-8-21-41(38)53(43)31-12-2-13-32-53/h1,4-11,16-30,35H,2-3,12-15,31-34H2. The predicted molar refractivity (Wildman–Crippen MR) is 239 cm³/mol. The molecular weight excluding hydrogens is 687 g/mol. The van der Waals surface area contributed by atoms with E-state index in [9.17, 15) is 0 Å². The van der Waals surface area contributed by atoms with Crippen LogP contribution in [0.1, 0.15) is 86.5 Å². The second-order valence-electron chi connectivity index (χ2n) is 17.7. The monoisotopic (exact) mass is 732 g/mol. The summed E-state index contributed by atoms with van der Waals surface area (Å²) in [6.45, 7) is 0.0982. The first-order chi connectivity index (χ1) is 28.3. The van der Waals surface area contributed by atoms with Gasteiger partial charge in [0.1, 0.15) is 0 Å². The topological polar surface area (TPSA) is 6.48 Å². The Balaban J connectivity index is 1.08. The van der Waals surface area contributed by atoms with Crippen molar-refractivity contribution in [3.63, 3.8) is 0 Å². The summed E-state index contributed by atoms with van der Waals surface area (Å²) in [6.07, 6.45) is 12.9. The van der Waals surface area contributed by atoms with Gasteiger partial charge in [-0.3, -0.25) is 0 Å². The van der Waals surface area contributed by atoms with Crippen molar-refractivity contribution >= 4 is 57.2 Å². The lowest BCUT2D eigenvalue weighted by molar-refractivity contribution is 0.353. The lowest BCUT2D eigenvalue weighted by Gasteiger charge is -2.45. The Hall–Kier alpha value is -5.80. The maximum Gasteiger partial charge on any atom is 0.252 e. The number of fused-ring (bicyclic) bond motifs is 15. The fourth-order valence-electron chi connectivity index (χ4n) is 13.0. The Kier molecular flexibility index (Phi) is 6.73. The maximum atomic E-state index is 2.60. The average molecular weight is 733 g/mol. The highest BCUT2D eigenvalue weighted by Gasteiger charge is 2.51. The third kappa shape index (κ3) is 4.17. The molecule has 3 heteroatoms. The molecule has 0 amide bonds. The molecule has 274 valence electrons. The van der Waals surface area contributed by atoms with E-state index in [1.54, 1.807) is 22.3 Å². The normalized spacial score (nSPS) is 18.4. The molecule has 0 N–H and O–H groups in total. The van der Waals surface area contributed by atoms with Gasteiger partial charge in [0.15, 0.2) is 0 Å². The second kappa shape index (κ2) is 11.9. The number of hydrogen-bond acceptors (Lipinski definition) is 2. The highest BCUT2D eigenvalue weighted by molar-refractivity contribution is 7.01. The van der Waals surface area contributed by atoms with E-state index in [2.05, 4.69) is 161 Å². The largest absolute Gasteiger partial charge is 0.311 e. The first-order valence-electron chi connectivity index (χ1n) is 21.7. The van der Waals surface area contributed by atoms with Gasteiger partial charge in [0.2, 0.25) is 0 Å². The molecule has 0 aromatic heterocycles. The van der Waals surface area contributed by atoms with Crippen molar-refractivity contribution in [2.75, 3.05) is 9.80 Å². The van der Waals surface area contributed by atoms with Crippen LogP contribution in [0.25, 0.3) is 22.3 Å². The molecule has 57 heavy (non-hydrogen) atoms. The lowest BCUT2D eigenvalue weighted by atomic mass is 9.32. The van der Waals surface area contributed by atoms with Crippen LogP contribution in [-0.2, 0) is 10.8 Å². The van der Waals surface area contributed by atoms with Crippen LogP contribution < -0.4 is 26.2 Å². The molecule has 2 nitrogen and oxygen atoms in total. The number of rotatable bonds is 2. The van der Waals surface area contributed by atoms with E-state index in [1.165, 1.54) is 137 Å². The summed E-state index contributed by atoms with van der Waals surface area (Å²) in [5.41, 5.74) is 24.2. The van der Waals surface area contributed by atoms with E-state index in [0.717, 1.165) is 0 Å². The first-order valence-corrected chi connectivity index (χ1v) is 21.7. The van der Waals surface area contributed by atoms with Gasteiger partial charge < -0.3 is 9.80 Å². The molecular formula is C54H45BN2. The van der Waals surface area contributed by atoms with Crippen LogP contribution >= 0.6 is 0 Å². The minimum absolute atomic E-state index is 0.0905. The number of hydrogen-bond donors (Lipinski definition) is 0. The van der Waals surface area contributed by atoms with Crippen molar-refractivity contribution in [1.29, 1.82) is 0 Å². The van der Waals surface area contributed by atoms with E-state index in [0.29, 0.717) is 0 Å². The van der Waals surface area contributed by atoms with Crippen LogP contribution in [0.15, 0.2) is 152 Å². The van der Waals surface area contributed by atoms with Gasteiger partial charge >= 0.3 is 0 Å². The zero-order chi connectivity index (χ0) is 37.3. The zero-order valence-corrected chi connectivity index (χ0v) is 32.5. The van der Waals surface area contributed by atoms with Gasteiger partial charge in [-0.25, -0.2) is 0 Å². The summed E-state index contributed by atoms with van der Waals surface area (Å²) in [7, 11) is 0. The highest BCUT2D eigenvalue weighted by atomic mass is 15.2. The van der Waals surface area contributed by atoms with E-state index in [4.69, 9.17) is 0 Å². The highest BCUT2D eigenvalue weighted by Crippen LogP contribution is 2.59. The van der Waals surface area contributed by atoms with Gasteiger partial charge in [-0.05, 0) is 135 Å². The molecule has 2 aliphatic heterocycles. The van der Waals surface area contributed by atoms with E-state index in [1.807, 2.05) is 0 Å². The zero-order valence-electron chi connectivity index (χ0n) is 32.5. The van der Waals surface area contributed by atoms with Crippen molar-refractivity contribution in [3.8, 4) is 22.3 Å². The Labute approximate surface area is 336 Å². The van der Waals surface area contributed by atoms with Crippen molar-refractivity contribution in [1.82, 2.24) is 0 Å². The van der Waals surface area contributed by atoms with Crippen molar-refractivity contribution in [3.05, 3.63) is 174 Å². The van der Waals surface area contributed by atoms with Crippen LogP contribution in [0, 0.1) is 0 Å². The minimum atomic E-state index is 0.0905. The molecule has 2 saturated carbocycles. The van der Waals surface area contributed by atoms with Crippen molar-refractivity contribution < 1.29 is 0 Å². The van der Waals surface area contributed by atoms with Crippen LogP contribution in [-0.4, -0.2) is 6.71 Å². The van der Waals surface area contributed by atoms with Gasteiger partial charge in [-0.15, -0.1) is 0 Å². The summed E-state index contributed by atoms with van der Waals surface area (Å²) < 4.78 is 0. The quantitative estimate of drug-likeness (QED) is 0.163. The molecule has 0 bridgehead atoms. The lowest BCUT2D eigenvalue weighted by Crippen LogP contribution is -2.62. The van der Waals surface area contributed by atoms with Crippen LogP contribution in [0.4, 0.5) is 34.1 Å². The molecule has 6 aliphatic rings. The first kappa shape index (κ1) is 32.3. The number of anilines is 6. The van der Waals surface area contributed by atoms with Crippen molar-refractivity contribution in [2.24, 2.45) is 0 Å². The molecule has 7 aromatic carbocycles. The Bertz CT molecular complexity index is 2790. The van der Waals surface area contributed by atoms with E-state index < -0.39 is 0 Å². The van der Waals surface area contributed by atoms with Gasteiger partial charge in [0, 0.05) is 45.0 Å². The minimum Gasteiger partial charge on any atom is -0.311 e. The molecule has 7 aromatic rings. The molecule has 0 radical (unpaired) electrons. The Morgan fingerprint density at radius 1 is 0.368 bits per heavy atom. The molecule has 2 heterocycles. The molecule has 0 atom stereocenters. The second-order valence-corrected chi connectivity index (χ2v) is 17.7. The van der Waals surface area contributed by atoms with Gasteiger partial charge in [-0.2, -0.15) is 0 Å². The van der Waals surface area contributed by atoms with Gasteiger partial charge in [0.25, 0.3) is 6.71 Å². The predicted octanol–water partition coefficient (Wildman–Crippen LogP) is 12.2. The summed E-state index contributed by atoms with van der Waals surface area (Å²) in [6, 6.07) is 58.9. The molecule has 2 spiro atoms. The van der Waals surface area contributed by atoms with Gasteiger partial charge in [0.05, 0.1) is 0 Å². The van der Waals surface area contributed by atoms with Crippen molar-refractivity contribution in [2.45, 2.75) is 75.0 Å². The number of para-hydroxylation sites is 2. The van der Waals surface area contributed by atoms with Crippen LogP contribution in [0.2, 0.25) is 0 Å². The fraction of sp³-hybridized carbons (Fsp3) is 0.222. The summed E-state index contributed by atoms with van der Waals surface area (Å²) in [5, 5.41) is 0. The summed E-state index contributed by atoms with van der Waals surface area (Å²) in [4.78, 5) is 5.19. The van der Waals surface area contributed by atoms with E-state index >= 15 is 0 Å². The molecule has 2 fully saturated rings. The van der Waals surface area contributed by atoms with Crippen LogP contribution in [0.3, 0.4) is 0 Å². The van der Waals surface area contributed by atoms with Gasteiger partial charge in [-0.1, -0.05) is 142 Å². The molecule has 0 unspecified atom stereocenters. The number of nitrogens with zero attached hydrogens (tertiary/aromatic N) is 2. The van der Waals surface area contributed by atoms with E-state index in [-0.39, 0.29) is 17.5 Å². The third-order valence-corrected chi connectivity index (χ3v) is 15.2. The summed E-state index contributed by atoms with van der Waals surface area (Å²) >= 11 is 0. The smallest absolute Gasteiger partial charge is 0.252 e. The fourth-order valence-corrected chi connectivity index (χ4v) is 13.0. The Morgan fingerprint density at radius 3 is 1.67 bits per heavy atom. The average Bonchev–Trinajstić information content (AvgIpc) is 3.70. The number of benzene rings is 7. The third-order valence-electron chi connectivity index (χ3n) is 15.2.